The third kappa shape index (κ3) is 3.24. The summed E-state index contributed by atoms with van der Waals surface area (Å²) in [5.74, 6) is 0.617. The molecule has 0 bridgehead atoms. The second kappa shape index (κ2) is 5.87. The van der Waals surface area contributed by atoms with E-state index < -0.39 is 10.0 Å². The number of nitrogens with one attached hydrogen (secondary N) is 2. The summed E-state index contributed by atoms with van der Waals surface area (Å²) in [5, 5.41) is 2.93. The minimum atomic E-state index is -3.72. The molecule has 0 spiro atoms. The Kier molecular flexibility index (Phi) is 4.19. The molecule has 0 radical (unpaired) electrons. The average Bonchev–Trinajstić information content (AvgIpc) is 2.39. The highest BCUT2D eigenvalue weighted by atomic mass is 32.2. The molecule has 2 aromatic heterocycles. The van der Waals surface area contributed by atoms with Gasteiger partial charge in [0.15, 0.2) is 0 Å². The lowest BCUT2D eigenvalue weighted by molar-refractivity contribution is 0.601. The van der Waals surface area contributed by atoms with E-state index in [2.05, 4.69) is 20.0 Å². The fourth-order valence-corrected chi connectivity index (χ4v) is 2.83. The molecule has 0 amide bonds. The summed E-state index contributed by atoms with van der Waals surface area (Å²) in [6.45, 7) is 4.33. The van der Waals surface area contributed by atoms with Gasteiger partial charge < -0.3 is 5.32 Å². The Balaban J connectivity index is 2.36. The van der Waals surface area contributed by atoms with Crippen molar-refractivity contribution in [2.45, 2.75) is 18.7 Å². The number of rotatable bonds is 5. The van der Waals surface area contributed by atoms with E-state index in [9.17, 15) is 8.42 Å². The van der Waals surface area contributed by atoms with E-state index in [1.807, 2.05) is 13.8 Å². The molecule has 2 N–H and O–H groups in total. The molecule has 2 heterocycles. The fourth-order valence-electron chi connectivity index (χ4n) is 1.69. The van der Waals surface area contributed by atoms with Gasteiger partial charge in [-0.1, -0.05) is 0 Å². The summed E-state index contributed by atoms with van der Waals surface area (Å²) in [4.78, 5) is 8.14. The van der Waals surface area contributed by atoms with Gasteiger partial charge in [-0.15, -0.1) is 0 Å². The van der Waals surface area contributed by atoms with E-state index in [1.165, 1.54) is 6.07 Å². The number of aryl methyl sites for hydroxylation is 1. The van der Waals surface area contributed by atoms with Gasteiger partial charge in [0.2, 0.25) is 0 Å². The molecule has 2 rings (SSSR count). The minimum absolute atomic E-state index is 0.102. The summed E-state index contributed by atoms with van der Waals surface area (Å²) in [5.41, 5.74) is 0.927. The molecule has 6 nitrogen and oxygen atoms in total. The van der Waals surface area contributed by atoms with Gasteiger partial charge in [-0.2, -0.15) is 0 Å². The van der Waals surface area contributed by atoms with Crippen LogP contribution in [0.5, 0.6) is 0 Å². The van der Waals surface area contributed by atoms with Crippen LogP contribution in [0, 0.1) is 6.92 Å². The van der Waals surface area contributed by atoms with Gasteiger partial charge in [-0.05, 0) is 43.7 Å². The van der Waals surface area contributed by atoms with E-state index in [-0.39, 0.29) is 10.7 Å². The number of aromatic nitrogens is 2. The lowest BCUT2D eigenvalue weighted by Crippen LogP contribution is -2.17. The van der Waals surface area contributed by atoms with E-state index in [4.69, 9.17) is 0 Å². The second-order valence-corrected chi connectivity index (χ2v) is 5.86. The van der Waals surface area contributed by atoms with Crippen LogP contribution in [-0.2, 0) is 10.0 Å². The number of hydrogen-bond donors (Lipinski definition) is 2. The third-order valence-corrected chi connectivity index (χ3v) is 3.95. The van der Waals surface area contributed by atoms with Crippen LogP contribution >= 0.6 is 0 Å². The topological polar surface area (TPSA) is 84.0 Å². The van der Waals surface area contributed by atoms with Crippen molar-refractivity contribution in [1.29, 1.82) is 0 Å². The zero-order valence-electron chi connectivity index (χ0n) is 11.3. The van der Waals surface area contributed by atoms with Crippen molar-refractivity contribution in [3.8, 4) is 0 Å². The highest BCUT2D eigenvalue weighted by molar-refractivity contribution is 7.92. The monoisotopic (exact) mass is 292 g/mol. The molecule has 106 valence electrons. The molecular formula is C13H16N4O2S. The summed E-state index contributed by atoms with van der Waals surface area (Å²) in [7, 11) is -3.72. The van der Waals surface area contributed by atoms with Crippen molar-refractivity contribution in [3.05, 3.63) is 42.2 Å². The lowest BCUT2D eigenvalue weighted by Gasteiger charge is -2.11. The molecule has 0 aliphatic carbocycles. The summed E-state index contributed by atoms with van der Waals surface area (Å²) in [6.07, 6.45) is 3.10. The maximum atomic E-state index is 12.4. The van der Waals surface area contributed by atoms with Gasteiger partial charge in [0.25, 0.3) is 10.0 Å². The number of hydrogen-bond acceptors (Lipinski definition) is 5. The van der Waals surface area contributed by atoms with Gasteiger partial charge in [-0.25, -0.2) is 18.4 Å². The van der Waals surface area contributed by atoms with Crippen LogP contribution in [0.25, 0.3) is 0 Å². The van der Waals surface area contributed by atoms with Gasteiger partial charge in [0.05, 0.1) is 0 Å². The Labute approximate surface area is 118 Å². The average molecular weight is 292 g/mol. The van der Waals surface area contributed by atoms with Gasteiger partial charge in [-0.3, -0.25) is 4.72 Å². The van der Waals surface area contributed by atoms with Crippen LogP contribution in [-0.4, -0.2) is 24.9 Å². The highest BCUT2D eigenvalue weighted by Gasteiger charge is 2.19. The Morgan fingerprint density at radius 2 is 2.00 bits per heavy atom. The van der Waals surface area contributed by atoms with Crippen molar-refractivity contribution in [2.24, 2.45) is 0 Å². The van der Waals surface area contributed by atoms with Crippen LogP contribution < -0.4 is 10.0 Å². The molecule has 0 aliphatic rings. The highest BCUT2D eigenvalue weighted by Crippen LogP contribution is 2.20. The molecule has 0 aromatic carbocycles. The standard InChI is InChI=1S/C13H16N4O2S/c1-3-14-13-11(5-4-7-16-13)20(18,19)17-12-9-10(2)6-8-15-12/h4-9H,3H2,1-2H3,(H,14,16)(H,15,17). The first-order chi connectivity index (χ1) is 9.53. The molecule has 2 aromatic rings. The van der Waals surface area contributed by atoms with E-state index >= 15 is 0 Å². The van der Waals surface area contributed by atoms with E-state index in [0.29, 0.717) is 12.4 Å². The number of anilines is 2. The normalized spacial score (nSPS) is 11.1. The first-order valence-corrected chi connectivity index (χ1v) is 7.65. The van der Waals surface area contributed by atoms with Crippen molar-refractivity contribution >= 4 is 21.7 Å². The summed E-state index contributed by atoms with van der Waals surface area (Å²) in [6, 6.07) is 6.55. The fraction of sp³-hybridized carbons (Fsp3) is 0.231. The van der Waals surface area contributed by atoms with Crippen LogP contribution in [0.4, 0.5) is 11.6 Å². The minimum Gasteiger partial charge on any atom is -0.369 e. The molecule has 0 fully saturated rings. The smallest absolute Gasteiger partial charge is 0.266 e. The van der Waals surface area contributed by atoms with Gasteiger partial charge in [0.1, 0.15) is 16.5 Å². The van der Waals surface area contributed by atoms with Crippen molar-refractivity contribution in [3.63, 3.8) is 0 Å². The molecule has 0 unspecified atom stereocenters. The van der Waals surface area contributed by atoms with E-state index in [1.54, 1.807) is 30.6 Å². The Hall–Kier alpha value is -2.15. The van der Waals surface area contributed by atoms with Crippen LogP contribution in [0.15, 0.2) is 41.6 Å². The Bertz CT molecular complexity index is 701. The number of nitrogens with zero attached hydrogens (tertiary/aromatic N) is 2. The van der Waals surface area contributed by atoms with E-state index in [0.717, 1.165) is 5.56 Å². The molecule has 7 heteroatoms. The molecule has 20 heavy (non-hydrogen) atoms. The second-order valence-electron chi connectivity index (χ2n) is 4.20. The van der Waals surface area contributed by atoms with Crippen molar-refractivity contribution in [2.75, 3.05) is 16.6 Å². The van der Waals surface area contributed by atoms with Gasteiger partial charge >= 0.3 is 0 Å². The van der Waals surface area contributed by atoms with Crippen LogP contribution in [0.1, 0.15) is 12.5 Å². The van der Waals surface area contributed by atoms with Gasteiger partial charge in [0, 0.05) is 18.9 Å². The van der Waals surface area contributed by atoms with Crippen LogP contribution in [0.3, 0.4) is 0 Å². The Morgan fingerprint density at radius 3 is 2.70 bits per heavy atom. The first kappa shape index (κ1) is 14.3. The van der Waals surface area contributed by atoms with Crippen molar-refractivity contribution in [1.82, 2.24) is 9.97 Å². The quantitative estimate of drug-likeness (QED) is 0.880. The molecule has 0 saturated carbocycles. The predicted octanol–water partition coefficient (Wildman–Crippen LogP) is 2.02. The SMILES string of the molecule is CCNc1ncccc1S(=O)(=O)Nc1cc(C)ccn1. The molecule has 0 aliphatic heterocycles. The van der Waals surface area contributed by atoms with Crippen LogP contribution in [0.2, 0.25) is 0 Å². The third-order valence-electron chi connectivity index (χ3n) is 2.56. The maximum Gasteiger partial charge on any atom is 0.266 e. The maximum absolute atomic E-state index is 12.4. The molecular weight excluding hydrogens is 276 g/mol. The lowest BCUT2D eigenvalue weighted by atomic mass is 10.3. The Morgan fingerprint density at radius 1 is 1.20 bits per heavy atom. The number of sulfonamides is 1. The molecule has 0 saturated heterocycles. The largest absolute Gasteiger partial charge is 0.369 e. The summed E-state index contributed by atoms with van der Waals surface area (Å²) < 4.78 is 27.2. The predicted molar refractivity (Wildman–Crippen MR) is 78.2 cm³/mol. The van der Waals surface area contributed by atoms with Crippen molar-refractivity contribution < 1.29 is 8.42 Å². The first-order valence-electron chi connectivity index (χ1n) is 6.17. The number of pyridine rings is 2. The zero-order valence-corrected chi connectivity index (χ0v) is 12.1. The molecule has 0 atom stereocenters. The zero-order chi connectivity index (χ0) is 14.6. The summed E-state index contributed by atoms with van der Waals surface area (Å²) >= 11 is 0.